The van der Waals surface area contributed by atoms with Crippen LogP contribution in [-0.4, -0.2) is 12.6 Å². The van der Waals surface area contributed by atoms with Crippen LogP contribution in [0, 0.1) is 11.8 Å². The summed E-state index contributed by atoms with van der Waals surface area (Å²) in [4.78, 5) is 0. The van der Waals surface area contributed by atoms with Crippen LogP contribution in [0.5, 0.6) is 0 Å². The van der Waals surface area contributed by atoms with Crippen molar-refractivity contribution >= 4 is 15.9 Å². The normalized spacial score (nSPS) is 24.0. The van der Waals surface area contributed by atoms with Crippen molar-refractivity contribution in [3.63, 3.8) is 0 Å². The Kier molecular flexibility index (Phi) is 7.25. The first-order valence-electron chi connectivity index (χ1n) is 8.70. The van der Waals surface area contributed by atoms with Gasteiger partial charge >= 0.3 is 0 Å². The lowest BCUT2D eigenvalue weighted by molar-refractivity contribution is 0.207. The van der Waals surface area contributed by atoms with Crippen molar-refractivity contribution in [2.45, 2.75) is 64.8 Å². The molecule has 1 fully saturated rings. The van der Waals surface area contributed by atoms with Gasteiger partial charge in [0.1, 0.15) is 0 Å². The Labute approximate surface area is 139 Å². The van der Waals surface area contributed by atoms with Gasteiger partial charge in [0, 0.05) is 10.5 Å². The zero-order chi connectivity index (χ0) is 15.1. The van der Waals surface area contributed by atoms with Crippen LogP contribution in [0.25, 0.3) is 0 Å². The standard InChI is InChI=1S/C19H30BrN/c1-3-12-21-19(14-16-8-10-18(20)11-9-16)17-7-5-6-15(4-2)13-17/h8-11,15,17,19,21H,3-7,12-14H2,1-2H3. The molecule has 0 radical (unpaired) electrons. The fourth-order valence-corrected chi connectivity index (χ4v) is 3.94. The van der Waals surface area contributed by atoms with E-state index in [1.165, 1.54) is 55.0 Å². The van der Waals surface area contributed by atoms with E-state index in [1.807, 2.05) is 0 Å². The quantitative estimate of drug-likeness (QED) is 0.676. The van der Waals surface area contributed by atoms with Crippen LogP contribution in [0.15, 0.2) is 28.7 Å². The van der Waals surface area contributed by atoms with Gasteiger partial charge in [-0.15, -0.1) is 0 Å². The fourth-order valence-electron chi connectivity index (χ4n) is 3.68. The molecule has 0 aliphatic heterocycles. The van der Waals surface area contributed by atoms with Gasteiger partial charge in [-0.2, -0.15) is 0 Å². The highest BCUT2D eigenvalue weighted by Gasteiger charge is 2.27. The summed E-state index contributed by atoms with van der Waals surface area (Å²) in [7, 11) is 0. The number of hydrogen-bond acceptors (Lipinski definition) is 1. The van der Waals surface area contributed by atoms with E-state index in [0.29, 0.717) is 6.04 Å². The Bertz CT molecular complexity index is 401. The average Bonchev–Trinajstić information content (AvgIpc) is 2.53. The summed E-state index contributed by atoms with van der Waals surface area (Å²) >= 11 is 3.53. The summed E-state index contributed by atoms with van der Waals surface area (Å²) < 4.78 is 1.17. The highest BCUT2D eigenvalue weighted by atomic mass is 79.9. The number of halogens is 1. The SMILES string of the molecule is CCCNC(Cc1ccc(Br)cc1)C1CCCC(CC)C1. The molecule has 0 aromatic heterocycles. The fraction of sp³-hybridized carbons (Fsp3) is 0.684. The third-order valence-corrected chi connectivity index (χ3v) is 5.52. The molecule has 2 heteroatoms. The minimum absolute atomic E-state index is 0.653. The first-order valence-corrected chi connectivity index (χ1v) is 9.50. The number of rotatable bonds is 7. The molecule has 1 saturated carbocycles. The molecule has 1 aromatic rings. The Balaban J connectivity index is 2.00. The van der Waals surface area contributed by atoms with Crippen LogP contribution in [-0.2, 0) is 6.42 Å². The summed E-state index contributed by atoms with van der Waals surface area (Å²) in [6, 6.07) is 9.53. The van der Waals surface area contributed by atoms with Crippen LogP contribution in [0.2, 0.25) is 0 Å². The van der Waals surface area contributed by atoms with E-state index in [1.54, 1.807) is 0 Å². The summed E-state index contributed by atoms with van der Waals surface area (Å²) in [6.07, 6.45) is 9.47. The zero-order valence-corrected chi connectivity index (χ0v) is 15.2. The number of benzene rings is 1. The molecular formula is C19H30BrN. The summed E-state index contributed by atoms with van der Waals surface area (Å²) in [5, 5.41) is 3.84. The van der Waals surface area contributed by atoms with Crippen molar-refractivity contribution in [1.82, 2.24) is 5.32 Å². The third-order valence-electron chi connectivity index (χ3n) is 5.00. The zero-order valence-electron chi connectivity index (χ0n) is 13.6. The molecule has 2 rings (SSSR count). The van der Waals surface area contributed by atoms with E-state index in [4.69, 9.17) is 0 Å². The van der Waals surface area contributed by atoms with Crippen molar-refractivity contribution in [2.24, 2.45) is 11.8 Å². The molecule has 21 heavy (non-hydrogen) atoms. The molecule has 1 aliphatic carbocycles. The first kappa shape index (κ1) is 17.0. The molecule has 0 saturated heterocycles. The Hall–Kier alpha value is -0.340. The maximum absolute atomic E-state index is 3.84. The largest absolute Gasteiger partial charge is 0.313 e. The van der Waals surface area contributed by atoms with Crippen LogP contribution < -0.4 is 5.32 Å². The minimum atomic E-state index is 0.653. The smallest absolute Gasteiger partial charge is 0.0175 e. The Morgan fingerprint density at radius 1 is 1.19 bits per heavy atom. The van der Waals surface area contributed by atoms with Gasteiger partial charge in [0.05, 0.1) is 0 Å². The topological polar surface area (TPSA) is 12.0 Å². The second-order valence-electron chi connectivity index (χ2n) is 6.59. The predicted octanol–water partition coefficient (Wildman–Crippen LogP) is 5.58. The monoisotopic (exact) mass is 351 g/mol. The number of nitrogens with one attached hydrogen (secondary N) is 1. The van der Waals surface area contributed by atoms with Gasteiger partial charge < -0.3 is 5.32 Å². The van der Waals surface area contributed by atoms with E-state index in [2.05, 4.69) is 59.4 Å². The van der Waals surface area contributed by atoms with E-state index < -0.39 is 0 Å². The molecule has 1 aromatic carbocycles. The predicted molar refractivity (Wildman–Crippen MR) is 95.7 cm³/mol. The molecular weight excluding hydrogens is 322 g/mol. The van der Waals surface area contributed by atoms with Crippen LogP contribution >= 0.6 is 15.9 Å². The van der Waals surface area contributed by atoms with Gasteiger partial charge in [0.15, 0.2) is 0 Å². The highest BCUT2D eigenvalue weighted by Crippen LogP contribution is 2.34. The van der Waals surface area contributed by atoms with E-state index in [0.717, 1.165) is 18.4 Å². The van der Waals surface area contributed by atoms with E-state index in [-0.39, 0.29) is 0 Å². The van der Waals surface area contributed by atoms with Crippen molar-refractivity contribution < 1.29 is 0 Å². The molecule has 0 heterocycles. The van der Waals surface area contributed by atoms with E-state index in [9.17, 15) is 0 Å². The summed E-state index contributed by atoms with van der Waals surface area (Å²) in [6.45, 7) is 5.77. The van der Waals surface area contributed by atoms with Crippen molar-refractivity contribution in [3.8, 4) is 0 Å². The van der Waals surface area contributed by atoms with Gasteiger partial charge in [-0.25, -0.2) is 0 Å². The maximum Gasteiger partial charge on any atom is 0.0175 e. The minimum Gasteiger partial charge on any atom is -0.313 e. The van der Waals surface area contributed by atoms with Gasteiger partial charge in [0.25, 0.3) is 0 Å². The van der Waals surface area contributed by atoms with Gasteiger partial charge in [-0.3, -0.25) is 0 Å². The lowest BCUT2D eigenvalue weighted by atomic mass is 9.75. The van der Waals surface area contributed by atoms with Gasteiger partial charge in [0.2, 0.25) is 0 Å². The molecule has 0 bridgehead atoms. The first-order chi connectivity index (χ1) is 10.2. The lowest BCUT2D eigenvalue weighted by Crippen LogP contribution is -2.40. The summed E-state index contributed by atoms with van der Waals surface area (Å²) in [5.41, 5.74) is 1.46. The number of hydrogen-bond donors (Lipinski definition) is 1. The molecule has 3 unspecified atom stereocenters. The lowest BCUT2D eigenvalue weighted by Gasteiger charge is -2.35. The molecule has 1 nitrogen and oxygen atoms in total. The third kappa shape index (κ3) is 5.41. The summed E-state index contributed by atoms with van der Waals surface area (Å²) in [5.74, 6) is 1.82. The highest BCUT2D eigenvalue weighted by molar-refractivity contribution is 9.10. The molecule has 118 valence electrons. The maximum atomic E-state index is 3.84. The van der Waals surface area contributed by atoms with Crippen LogP contribution in [0.3, 0.4) is 0 Å². The Morgan fingerprint density at radius 2 is 1.95 bits per heavy atom. The molecule has 3 atom stereocenters. The van der Waals surface area contributed by atoms with Gasteiger partial charge in [-0.1, -0.05) is 61.2 Å². The van der Waals surface area contributed by atoms with Gasteiger partial charge in [-0.05, 0) is 61.8 Å². The average molecular weight is 352 g/mol. The van der Waals surface area contributed by atoms with Crippen LogP contribution in [0.4, 0.5) is 0 Å². The van der Waals surface area contributed by atoms with Crippen molar-refractivity contribution in [1.29, 1.82) is 0 Å². The van der Waals surface area contributed by atoms with Crippen LogP contribution in [0.1, 0.15) is 57.9 Å². The molecule has 1 N–H and O–H groups in total. The Morgan fingerprint density at radius 3 is 2.62 bits per heavy atom. The molecule has 1 aliphatic rings. The molecule has 0 spiro atoms. The molecule has 0 amide bonds. The van der Waals surface area contributed by atoms with E-state index >= 15 is 0 Å². The second kappa shape index (κ2) is 8.95. The van der Waals surface area contributed by atoms with Crippen molar-refractivity contribution in [2.75, 3.05) is 6.54 Å². The van der Waals surface area contributed by atoms with Crippen molar-refractivity contribution in [3.05, 3.63) is 34.3 Å². The second-order valence-corrected chi connectivity index (χ2v) is 7.51.